The van der Waals surface area contributed by atoms with Crippen LogP contribution >= 0.6 is 0 Å². The van der Waals surface area contributed by atoms with Gasteiger partial charge in [0.15, 0.2) is 0 Å². The Morgan fingerprint density at radius 2 is 2.12 bits per heavy atom. The van der Waals surface area contributed by atoms with Crippen molar-refractivity contribution in [2.24, 2.45) is 11.3 Å². The lowest BCUT2D eigenvalue weighted by Crippen LogP contribution is -2.32. The molecular weight excluding hydrogens is 204 g/mol. The molecule has 0 aromatic rings. The molecule has 0 amide bonds. The van der Waals surface area contributed by atoms with E-state index in [2.05, 4.69) is 20.8 Å². The number of aliphatic carboxylic acids is 1. The van der Waals surface area contributed by atoms with Gasteiger partial charge in [0.2, 0.25) is 0 Å². The third-order valence-electron chi connectivity index (χ3n) is 3.24. The van der Waals surface area contributed by atoms with Crippen molar-refractivity contribution in [3.05, 3.63) is 0 Å². The van der Waals surface area contributed by atoms with Crippen LogP contribution in [0.25, 0.3) is 0 Å². The molecule has 1 saturated carbocycles. The van der Waals surface area contributed by atoms with Crippen LogP contribution in [0.3, 0.4) is 0 Å². The normalized spacial score (nSPS) is 28.9. The van der Waals surface area contributed by atoms with Crippen molar-refractivity contribution >= 4 is 5.97 Å². The third kappa shape index (κ3) is 4.97. The van der Waals surface area contributed by atoms with Crippen LogP contribution in [0.15, 0.2) is 0 Å². The van der Waals surface area contributed by atoms with Crippen molar-refractivity contribution in [2.45, 2.75) is 59.0 Å². The molecule has 1 N–H and O–H groups in total. The summed E-state index contributed by atoms with van der Waals surface area (Å²) in [7, 11) is 0. The van der Waals surface area contributed by atoms with Gasteiger partial charge in [-0.25, -0.2) is 0 Å². The van der Waals surface area contributed by atoms with E-state index in [1.165, 1.54) is 6.42 Å². The highest BCUT2D eigenvalue weighted by molar-refractivity contribution is 5.66. The van der Waals surface area contributed by atoms with Crippen molar-refractivity contribution in [3.63, 3.8) is 0 Å². The Morgan fingerprint density at radius 3 is 2.69 bits per heavy atom. The molecule has 0 spiro atoms. The van der Waals surface area contributed by atoms with Crippen LogP contribution in [0.5, 0.6) is 0 Å². The number of hydrogen-bond acceptors (Lipinski definition) is 2. The first-order valence-corrected chi connectivity index (χ1v) is 6.22. The quantitative estimate of drug-likeness (QED) is 0.735. The maximum absolute atomic E-state index is 10.3. The van der Waals surface area contributed by atoms with Crippen molar-refractivity contribution in [2.75, 3.05) is 6.61 Å². The van der Waals surface area contributed by atoms with Gasteiger partial charge in [-0.3, -0.25) is 4.79 Å². The predicted octanol–water partition coefficient (Wildman–Crippen LogP) is 3.08. The third-order valence-corrected chi connectivity index (χ3v) is 3.24. The number of carboxylic acids is 1. The van der Waals surface area contributed by atoms with Crippen LogP contribution in [0.4, 0.5) is 0 Å². The summed E-state index contributed by atoms with van der Waals surface area (Å²) in [5, 5.41) is 8.52. The maximum atomic E-state index is 10.3. The smallest absolute Gasteiger partial charge is 0.303 e. The summed E-state index contributed by atoms with van der Waals surface area (Å²) in [6, 6.07) is 0. The monoisotopic (exact) mass is 228 g/mol. The second-order valence-corrected chi connectivity index (χ2v) is 5.90. The summed E-state index contributed by atoms with van der Waals surface area (Å²) >= 11 is 0. The van der Waals surface area contributed by atoms with E-state index >= 15 is 0 Å². The first-order valence-electron chi connectivity index (χ1n) is 6.22. The summed E-state index contributed by atoms with van der Waals surface area (Å²) in [5.74, 6) is -0.0193. The van der Waals surface area contributed by atoms with E-state index in [-0.39, 0.29) is 6.42 Å². The summed E-state index contributed by atoms with van der Waals surface area (Å²) in [6.07, 6.45) is 4.66. The molecule has 3 nitrogen and oxygen atoms in total. The summed E-state index contributed by atoms with van der Waals surface area (Å²) in [4.78, 5) is 10.3. The lowest BCUT2D eigenvalue weighted by molar-refractivity contribution is -0.137. The van der Waals surface area contributed by atoms with E-state index in [1.807, 2.05) is 0 Å². The van der Waals surface area contributed by atoms with E-state index in [4.69, 9.17) is 9.84 Å². The second kappa shape index (κ2) is 5.67. The minimum Gasteiger partial charge on any atom is -0.481 e. The van der Waals surface area contributed by atoms with Gasteiger partial charge in [-0.15, -0.1) is 0 Å². The Morgan fingerprint density at radius 1 is 1.44 bits per heavy atom. The van der Waals surface area contributed by atoms with E-state index in [0.29, 0.717) is 30.5 Å². The molecule has 16 heavy (non-hydrogen) atoms. The SMILES string of the molecule is CC1CC(OCCCC(=O)O)CC(C)(C)C1. The van der Waals surface area contributed by atoms with Gasteiger partial charge in [0.05, 0.1) is 6.10 Å². The molecule has 1 aliphatic carbocycles. The molecule has 2 unspecified atom stereocenters. The molecule has 1 aliphatic rings. The first kappa shape index (κ1) is 13.5. The number of carbonyl (C=O) groups is 1. The Kier molecular flexibility index (Phi) is 4.78. The molecule has 0 aromatic heterocycles. The molecule has 0 saturated heterocycles. The molecular formula is C13H24O3. The second-order valence-electron chi connectivity index (χ2n) is 5.90. The largest absolute Gasteiger partial charge is 0.481 e. The zero-order valence-electron chi connectivity index (χ0n) is 10.7. The Balaban J connectivity index is 2.23. The topological polar surface area (TPSA) is 46.5 Å². The van der Waals surface area contributed by atoms with Crippen LogP contribution in [0.2, 0.25) is 0 Å². The van der Waals surface area contributed by atoms with Gasteiger partial charge in [0, 0.05) is 13.0 Å². The number of rotatable bonds is 5. The molecule has 0 bridgehead atoms. The van der Waals surface area contributed by atoms with Crippen LogP contribution < -0.4 is 0 Å². The van der Waals surface area contributed by atoms with Crippen molar-refractivity contribution in [1.29, 1.82) is 0 Å². The minimum absolute atomic E-state index is 0.214. The molecule has 0 radical (unpaired) electrons. The molecule has 3 heteroatoms. The minimum atomic E-state index is -0.735. The van der Waals surface area contributed by atoms with E-state index < -0.39 is 5.97 Å². The van der Waals surface area contributed by atoms with Gasteiger partial charge >= 0.3 is 5.97 Å². The number of carboxylic acid groups (broad SMARTS) is 1. The fourth-order valence-corrected chi connectivity index (χ4v) is 2.86. The molecule has 1 fully saturated rings. The first-order chi connectivity index (χ1) is 7.39. The number of ether oxygens (including phenoxy) is 1. The molecule has 1 rings (SSSR count). The number of hydrogen-bond donors (Lipinski definition) is 1. The average Bonchev–Trinajstić information content (AvgIpc) is 2.08. The molecule has 0 aliphatic heterocycles. The summed E-state index contributed by atoms with van der Waals surface area (Å²) in [5.41, 5.74) is 0.370. The highest BCUT2D eigenvalue weighted by Crippen LogP contribution is 2.39. The molecule has 0 aromatic carbocycles. The standard InChI is InChI=1S/C13H24O3/c1-10-7-11(9-13(2,3)8-10)16-6-4-5-12(14)15/h10-11H,4-9H2,1-3H3,(H,14,15). The van der Waals surface area contributed by atoms with Crippen molar-refractivity contribution < 1.29 is 14.6 Å². The van der Waals surface area contributed by atoms with Crippen LogP contribution in [0.1, 0.15) is 52.9 Å². The highest BCUT2D eigenvalue weighted by atomic mass is 16.5. The lowest BCUT2D eigenvalue weighted by Gasteiger charge is -2.38. The Bertz CT molecular complexity index is 235. The predicted molar refractivity (Wildman–Crippen MR) is 63.4 cm³/mol. The van der Waals surface area contributed by atoms with Crippen molar-refractivity contribution in [3.8, 4) is 0 Å². The maximum Gasteiger partial charge on any atom is 0.303 e. The van der Waals surface area contributed by atoms with Crippen molar-refractivity contribution in [1.82, 2.24) is 0 Å². The van der Waals surface area contributed by atoms with E-state index in [0.717, 1.165) is 12.8 Å². The van der Waals surface area contributed by atoms with Gasteiger partial charge in [0.1, 0.15) is 0 Å². The van der Waals surface area contributed by atoms with Gasteiger partial charge in [-0.2, -0.15) is 0 Å². The lowest BCUT2D eigenvalue weighted by atomic mass is 9.71. The van der Waals surface area contributed by atoms with E-state index in [1.54, 1.807) is 0 Å². The average molecular weight is 228 g/mol. The van der Waals surface area contributed by atoms with Crippen LogP contribution in [-0.2, 0) is 9.53 Å². The van der Waals surface area contributed by atoms with Gasteiger partial charge in [-0.05, 0) is 37.0 Å². The van der Waals surface area contributed by atoms with E-state index in [9.17, 15) is 4.79 Å². The van der Waals surface area contributed by atoms with Gasteiger partial charge in [0.25, 0.3) is 0 Å². The summed E-state index contributed by atoms with van der Waals surface area (Å²) in [6.45, 7) is 7.43. The van der Waals surface area contributed by atoms with Crippen LogP contribution in [-0.4, -0.2) is 23.8 Å². The zero-order chi connectivity index (χ0) is 12.2. The Labute approximate surface area is 98.2 Å². The molecule has 2 atom stereocenters. The Hall–Kier alpha value is -0.570. The fraction of sp³-hybridized carbons (Fsp3) is 0.923. The van der Waals surface area contributed by atoms with Gasteiger partial charge in [-0.1, -0.05) is 20.8 Å². The van der Waals surface area contributed by atoms with Gasteiger partial charge < -0.3 is 9.84 Å². The fourth-order valence-electron chi connectivity index (χ4n) is 2.86. The molecule has 94 valence electrons. The van der Waals surface area contributed by atoms with Crippen LogP contribution in [0, 0.1) is 11.3 Å². The molecule has 0 heterocycles. The summed E-state index contributed by atoms with van der Waals surface area (Å²) < 4.78 is 5.78. The highest BCUT2D eigenvalue weighted by Gasteiger charge is 2.32. The zero-order valence-corrected chi connectivity index (χ0v) is 10.7.